The zero-order valence-corrected chi connectivity index (χ0v) is 12.0. The van der Waals surface area contributed by atoms with Gasteiger partial charge in [0, 0.05) is 12.4 Å². The summed E-state index contributed by atoms with van der Waals surface area (Å²) in [6, 6.07) is 20.4. The van der Waals surface area contributed by atoms with Crippen LogP contribution in [0.4, 0.5) is 11.6 Å². The fraction of sp³-hybridized carbons (Fsp3) is 0.111. The number of nitrogens with zero attached hydrogens (tertiary/aromatic N) is 3. The maximum Gasteiger partial charge on any atom is 0.134 e. The van der Waals surface area contributed by atoms with E-state index >= 15 is 0 Å². The van der Waals surface area contributed by atoms with E-state index in [1.165, 1.54) is 11.1 Å². The van der Waals surface area contributed by atoms with Gasteiger partial charge in [-0.05, 0) is 36.8 Å². The summed E-state index contributed by atoms with van der Waals surface area (Å²) in [5, 5.41) is 0. The summed E-state index contributed by atoms with van der Waals surface area (Å²) >= 11 is 0. The molecule has 104 valence electrons. The molecule has 0 N–H and O–H groups in total. The molecule has 0 aliphatic rings. The van der Waals surface area contributed by atoms with Gasteiger partial charge in [0.25, 0.3) is 0 Å². The van der Waals surface area contributed by atoms with E-state index in [0.717, 1.165) is 18.2 Å². The zero-order valence-electron chi connectivity index (χ0n) is 12.0. The zero-order chi connectivity index (χ0) is 14.5. The van der Waals surface area contributed by atoms with Crippen molar-refractivity contribution in [2.75, 3.05) is 4.90 Å². The summed E-state index contributed by atoms with van der Waals surface area (Å²) in [6.45, 7) is 2.84. The monoisotopic (exact) mass is 275 g/mol. The minimum absolute atomic E-state index is 0.744. The molecule has 0 atom stereocenters. The highest BCUT2D eigenvalue weighted by molar-refractivity contribution is 5.55. The van der Waals surface area contributed by atoms with Crippen molar-refractivity contribution >= 4 is 11.6 Å². The van der Waals surface area contributed by atoms with E-state index < -0.39 is 0 Å². The van der Waals surface area contributed by atoms with Gasteiger partial charge in [0.05, 0.1) is 6.54 Å². The molecule has 1 aromatic carbocycles. The lowest BCUT2D eigenvalue weighted by Crippen LogP contribution is -2.18. The molecule has 0 aliphatic heterocycles. The number of benzene rings is 1. The van der Waals surface area contributed by atoms with Crippen LogP contribution in [-0.4, -0.2) is 9.97 Å². The summed E-state index contributed by atoms with van der Waals surface area (Å²) in [7, 11) is 0. The van der Waals surface area contributed by atoms with Crippen molar-refractivity contribution in [2.24, 2.45) is 0 Å². The Morgan fingerprint density at radius 3 is 1.81 bits per heavy atom. The first kappa shape index (κ1) is 13.3. The molecule has 2 heterocycles. The normalized spacial score (nSPS) is 10.3. The largest absolute Gasteiger partial charge is 0.307 e. The van der Waals surface area contributed by atoms with E-state index in [1.807, 2.05) is 36.4 Å². The molecule has 0 radical (unpaired) electrons. The third-order valence-electron chi connectivity index (χ3n) is 3.31. The maximum absolute atomic E-state index is 4.46. The predicted octanol–water partition coefficient (Wildman–Crippen LogP) is 4.12. The van der Waals surface area contributed by atoms with Crippen molar-refractivity contribution in [3.63, 3.8) is 0 Å². The molecule has 3 aromatic rings. The summed E-state index contributed by atoms with van der Waals surface area (Å²) in [4.78, 5) is 11.0. The van der Waals surface area contributed by atoms with Crippen LogP contribution in [0.1, 0.15) is 11.1 Å². The smallest absolute Gasteiger partial charge is 0.134 e. The fourth-order valence-electron chi connectivity index (χ4n) is 2.18. The van der Waals surface area contributed by atoms with Crippen LogP contribution in [-0.2, 0) is 6.54 Å². The van der Waals surface area contributed by atoms with Crippen LogP contribution in [0.5, 0.6) is 0 Å². The number of aromatic nitrogens is 2. The third kappa shape index (κ3) is 3.26. The lowest BCUT2D eigenvalue weighted by atomic mass is 10.1. The van der Waals surface area contributed by atoms with Crippen molar-refractivity contribution in [3.8, 4) is 0 Å². The second-order valence-electron chi connectivity index (χ2n) is 4.95. The fourth-order valence-corrected chi connectivity index (χ4v) is 2.18. The first-order chi connectivity index (χ1) is 10.3. The van der Waals surface area contributed by atoms with Crippen LogP contribution in [0.15, 0.2) is 73.1 Å². The lowest BCUT2D eigenvalue weighted by Gasteiger charge is -2.22. The topological polar surface area (TPSA) is 29.0 Å². The second-order valence-corrected chi connectivity index (χ2v) is 4.95. The average molecular weight is 275 g/mol. The van der Waals surface area contributed by atoms with Gasteiger partial charge in [-0.1, -0.05) is 42.0 Å². The van der Waals surface area contributed by atoms with E-state index in [-0.39, 0.29) is 0 Å². The third-order valence-corrected chi connectivity index (χ3v) is 3.31. The number of anilines is 2. The van der Waals surface area contributed by atoms with E-state index in [2.05, 4.69) is 46.1 Å². The molecule has 0 fully saturated rings. The Hall–Kier alpha value is -2.68. The number of hydrogen-bond donors (Lipinski definition) is 0. The van der Waals surface area contributed by atoms with E-state index in [4.69, 9.17) is 0 Å². The van der Waals surface area contributed by atoms with Crippen molar-refractivity contribution in [3.05, 3.63) is 84.2 Å². The second kappa shape index (κ2) is 6.18. The van der Waals surface area contributed by atoms with Crippen molar-refractivity contribution < 1.29 is 0 Å². The molecular formula is C18H17N3. The van der Waals surface area contributed by atoms with Crippen LogP contribution >= 0.6 is 0 Å². The molecule has 0 unspecified atom stereocenters. The van der Waals surface area contributed by atoms with E-state index in [0.29, 0.717) is 0 Å². The Labute approximate surface area is 124 Å². The minimum Gasteiger partial charge on any atom is -0.307 e. The van der Waals surface area contributed by atoms with Gasteiger partial charge in [-0.25, -0.2) is 9.97 Å². The van der Waals surface area contributed by atoms with Gasteiger partial charge in [0.2, 0.25) is 0 Å². The average Bonchev–Trinajstić information content (AvgIpc) is 2.56. The number of pyridine rings is 2. The summed E-state index contributed by atoms with van der Waals surface area (Å²) in [5.41, 5.74) is 2.50. The van der Waals surface area contributed by atoms with E-state index in [1.54, 1.807) is 12.4 Å². The number of hydrogen-bond acceptors (Lipinski definition) is 3. The highest BCUT2D eigenvalue weighted by Crippen LogP contribution is 2.23. The van der Waals surface area contributed by atoms with Crippen molar-refractivity contribution in [1.29, 1.82) is 0 Å². The summed E-state index contributed by atoms with van der Waals surface area (Å²) in [6.07, 6.45) is 3.61. The van der Waals surface area contributed by atoms with Crippen LogP contribution < -0.4 is 4.90 Å². The summed E-state index contributed by atoms with van der Waals surface area (Å²) in [5.74, 6) is 1.80. The lowest BCUT2D eigenvalue weighted by molar-refractivity contribution is 0.922. The highest BCUT2D eigenvalue weighted by atomic mass is 15.2. The first-order valence-electron chi connectivity index (χ1n) is 6.98. The molecule has 21 heavy (non-hydrogen) atoms. The standard InChI is InChI=1S/C18H17N3/c1-15-8-10-16(11-9-15)14-21(17-6-2-4-12-19-17)18-7-3-5-13-20-18/h2-13H,14H2,1H3. The van der Waals surface area contributed by atoms with E-state index in [9.17, 15) is 0 Å². The molecule has 2 aromatic heterocycles. The Balaban J connectivity index is 1.95. The molecule has 0 spiro atoms. The van der Waals surface area contributed by atoms with Crippen molar-refractivity contribution in [1.82, 2.24) is 9.97 Å². The van der Waals surface area contributed by atoms with Gasteiger partial charge < -0.3 is 4.90 Å². The minimum atomic E-state index is 0.744. The Morgan fingerprint density at radius 2 is 1.33 bits per heavy atom. The molecular weight excluding hydrogens is 258 g/mol. The first-order valence-corrected chi connectivity index (χ1v) is 6.98. The Morgan fingerprint density at radius 1 is 0.762 bits per heavy atom. The predicted molar refractivity (Wildman–Crippen MR) is 85.5 cm³/mol. The molecule has 3 rings (SSSR count). The molecule has 0 saturated carbocycles. The van der Waals surface area contributed by atoms with Crippen molar-refractivity contribution in [2.45, 2.75) is 13.5 Å². The van der Waals surface area contributed by atoms with Gasteiger partial charge in [-0.2, -0.15) is 0 Å². The van der Waals surface area contributed by atoms with Crippen LogP contribution in [0.25, 0.3) is 0 Å². The molecule has 0 saturated heterocycles. The Bertz CT molecular complexity index is 639. The molecule has 3 heteroatoms. The van der Waals surface area contributed by atoms with Gasteiger partial charge in [0.1, 0.15) is 11.6 Å². The quantitative estimate of drug-likeness (QED) is 0.717. The highest BCUT2D eigenvalue weighted by Gasteiger charge is 2.11. The van der Waals surface area contributed by atoms with Crippen LogP contribution in [0.2, 0.25) is 0 Å². The van der Waals surface area contributed by atoms with Crippen LogP contribution in [0.3, 0.4) is 0 Å². The summed E-state index contributed by atoms with van der Waals surface area (Å²) < 4.78 is 0. The molecule has 3 nitrogen and oxygen atoms in total. The SMILES string of the molecule is Cc1ccc(CN(c2ccccn2)c2ccccn2)cc1. The molecule has 0 aliphatic carbocycles. The number of rotatable bonds is 4. The van der Waals surface area contributed by atoms with Crippen LogP contribution in [0, 0.1) is 6.92 Å². The van der Waals surface area contributed by atoms with Gasteiger partial charge >= 0.3 is 0 Å². The van der Waals surface area contributed by atoms with Gasteiger partial charge in [-0.3, -0.25) is 0 Å². The number of aryl methyl sites for hydroxylation is 1. The Kier molecular flexibility index (Phi) is 3.92. The molecule has 0 bridgehead atoms. The maximum atomic E-state index is 4.46. The molecule has 0 amide bonds. The van der Waals surface area contributed by atoms with Gasteiger partial charge in [-0.15, -0.1) is 0 Å². The van der Waals surface area contributed by atoms with Gasteiger partial charge in [0.15, 0.2) is 0 Å².